The molecule has 2 heterocycles. The lowest BCUT2D eigenvalue weighted by Gasteiger charge is -2.26. The van der Waals surface area contributed by atoms with Crippen molar-refractivity contribution in [1.82, 2.24) is 14.5 Å². The molecule has 2 aliphatic rings. The molecule has 1 aromatic carbocycles. The molecular formula is C19H29N3O3S. The SMILES string of the molecule is CCN1CCC[C@H]1CNC(=O)c1ccc(S(=O)(=O)N2CCCCC2)cc1. The lowest BCUT2D eigenvalue weighted by molar-refractivity contribution is 0.0941. The van der Waals surface area contributed by atoms with E-state index in [2.05, 4.69) is 17.1 Å². The van der Waals surface area contributed by atoms with Crippen molar-refractivity contribution in [3.05, 3.63) is 29.8 Å². The molecule has 1 N–H and O–H groups in total. The predicted octanol–water partition coefficient (Wildman–Crippen LogP) is 2.08. The molecular weight excluding hydrogens is 350 g/mol. The first-order valence-electron chi connectivity index (χ1n) is 9.65. The number of carbonyl (C=O) groups excluding carboxylic acids is 1. The number of benzene rings is 1. The minimum atomic E-state index is -3.45. The molecule has 0 radical (unpaired) electrons. The van der Waals surface area contributed by atoms with Gasteiger partial charge in [-0.1, -0.05) is 13.3 Å². The van der Waals surface area contributed by atoms with Crippen LogP contribution in [0.4, 0.5) is 0 Å². The van der Waals surface area contributed by atoms with Crippen LogP contribution in [0, 0.1) is 0 Å². The minimum Gasteiger partial charge on any atom is -0.350 e. The third-order valence-electron chi connectivity index (χ3n) is 5.47. The summed E-state index contributed by atoms with van der Waals surface area (Å²) in [6.45, 7) is 6.05. The molecule has 3 rings (SSSR count). The van der Waals surface area contributed by atoms with Gasteiger partial charge in [-0.2, -0.15) is 4.31 Å². The highest BCUT2D eigenvalue weighted by molar-refractivity contribution is 7.89. The molecule has 0 saturated carbocycles. The minimum absolute atomic E-state index is 0.144. The Bertz CT molecular complexity index is 712. The van der Waals surface area contributed by atoms with Crippen LogP contribution in [0.5, 0.6) is 0 Å². The van der Waals surface area contributed by atoms with E-state index in [1.165, 1.54) is 6.42 Å². The second-order valence-electron chi connectivity index (χ2n) is 7.12. The number of piperidine rings is 1. The Morgan fingerprint density at radius 3 is 2.42 bits per heavy atom. The fourth-order valence-electron chi connectivity index (χ4n) is 3.89. The van der Waals surface area contributed by atoms with Crippen LogP contribution in [0.3, 0.4) is 0 Å². The molecule has 0 aliphatic carbocycles. The molecule has 0 unspecified atom stereocenters. The average Bonchev–Trinajstić information content (AvgIpc) is 3.14. The van der Waals surface area contributed by atoms with Gasteiger partial charge in [-0.25, -0.2) is 8.42 Å². The molecule has 1 atom stereocenters. The topological polar surface area (TPSA) is 69.7 Å². The van der Waals surface area contributed by atoms with E-state index in [4.69, 9.17) is 0 Å². The van der Waals surface area contributed by atoms with Gasteiger partial charge in [-0.15, -0.1) is 0 Å². The summed E-state index contributed by atoms with van der Waals surface area (Å²) in [4.78, 5) is 15.0. The van der Waals surface area contributed by atoms with Crippen LogP contribution < -0.4 is 5.32 Å². The summed E-state index contributed by atoms with van der Waals surface area (Å²) in [5.41, 5.74) is 0.503. The molecule has 1 aromatic rings. The largest absolute Gasteiger partial charge is 0.350 e. The molecule has 2 fully saturated rings. The third kappa shape index (κ3) is 4.27. The molecule has 0 bridgehead atoms. The molecule has 0 aromatic heterocycles. The van der Waals surface area contributed by atoms with E-state index < -0.39 is 10.0 Å². The molecule has 1 amide bonds. The first-order valence-corrected chi connectivity index (χ1v) is 11.1. The van der Waals surface area contributed by atoms with E-state index >= 15 is 0 Å². The van der Waals surface area contributed by atoms with Gasteiger partial charge in [0.15, 0.2) is 0 Å². The maximum absolute atomic E-state index is 12.7. The van der Waals surface area contributed by atoms with Crippen molar-refractivity contribution in [2.75, 3.05) is 32.7 Å². The molecule has 2 saturated heterocycles. The van der Waals surface area contributed by atoms with Crippen LogP contribution in [0.25, 0.3) is 0 Å². The van der Waals surface area contributed by atoms with Crippen molar-refractivity contribution in [1.29, 1.82) is 0 Å². The van der Waals surface area contributed by atoms with Crippen molar-refractivity contribution in [2.45, 2.75) is 50.0 Å². The van der Waals surface area contributed by atoms with Crippen LogP contribution in [0.15, 0.2) is 29.2 Å². The van der Waals surface area contributed by atoms with Crippen LogP contribution >= 0.6 is 0 Å². The van der Waals surface area contributed by atoms with E-state index in [-0.39, 0.29) is 10.8 Å². The van der Waals surface area contributed by atoms with E-state index in [9.17, 15) is 13.2 Å². The van der Waals surface area contributed by atoms with E-state index in [0.29, 0.717) is 31.2 Å². The first kappa shape index (κ1) is 19.3. The number of nitrogens with zero attached hydrogens (tertiary/aromatic N) is 2. The van der Waals surface area contributed by atoms with Gasteiger partial charge in [0.05, 0.1) is 4.90 Å². The van der Waals surface area contributed by atoms with Gasteiger partial charge < -0.3 is 5.32 Å². The summed E-state index contributed by atoms with van der Waals surface area (Å²) in [7, 11) is -3.45. The number of nitrogens with one attached hydrogen (secondary N) is 1. The molecule has 144 valence electrons. The molecule has 2 aliphatic heterocycles. The number of likely N-dealkylation sites (N-methyl/N-ethyl adjacent to an activating group) is 1. The normalized spacial score (nSPS) is 22.4. The monoisotopic (exact) mass is 379 g/mol. The summed E-state index contributed by atoms with van der Waals surface area (Å²) in [5, 5.41) is 2.99. The highest BCUT2D eigenvalue weighted by Gasteiger charge is 2.26. The molecule has 7 heteroatoms. The zero-order valence-corrected chi connectivity index (χ0v) is 16.3. The average molecular weight is 380 g/mol. The van der Waals surface area contributed by atoms with Crippen LogP contribution in [-0.2, 0) is 10.0 Å². The number of amides is 1. The number of likely N-dealkylation sites (tertiary alicyclic amines) is 1. The van der Waals surface area contributed by atoms with Gasteiger partial charge in [0.2, 0.25) is 10.0 Å². The van der Waals surface area contributed by atoms with Crippen molar-refractivity contribution >= 4 is 15.9 Å². The Kier molecular flexibility index (Phi) is 6.32. The summed E-state index contributed by atoms with van der Waals surface area (Å²) >= 11 is 0. The Morgan fingerprint density at radius 1 is 1.08 bits per heavy atom. The third-order valence-corrected chi connectivity index (χ3v) is 7.39. The van der Waals surface area contributed by atoms with E-state index in [0.717, 1.165) is 38.8 Å². The van der Waals surface area contributed by atoms with Gasteiger partial charge in [0.1, 0.15) is 0 Å². The van der Waals surface area contributed by atoms with Crippen molar-refractivity contribution < 1.29 is 13.2 Å². The number of sulfonamides is 1. The van der Waals surface area contributed by atoms with Crippen LogP contribution in [0.2, 0.25) is 0 Å². The maximum Gasteiger partial charge on any atom is 0.251 e. The lowest BCUT2D eigenvalue weighted by atomic mass is 10.2. The Hall–Kier alpha value is -1.44. The van der Waals surface area contributed by atoms with E-state index in [1.54, 1.807) is 28.6 Å². The molecule has 26 heavy (non-hydrogen) atoms. The Morgan fingerprint density at radius 2 is 1.77 bits per heavy atom. The van der Waals surface area contributed by atoms with Gasteiger partial charge in [-0.3, -0.25) is 9.69 Å². The second-order valence-corrected chi connectivity index (χ2v) is 9.06. The molecule has 6 nitrogen and oxygen atoms in total. The van der Waals surface area contributed by atoms with E-state index in [1.807, 2.05) is 0 Å². The fraction of sp³-hybridized carbons (Fsp3) is 0.632. The van der Waals surface area contributed by atoms with Gasteiger partial charge >= 0.3 is 0 Å². The van der Waals surface area contributed by atoms with Crippen molar-refractivity contribution in [2.24, 2.45) is 0 Å². The predicted molar refractivity (Wildman–Crippen MR) is 102 cm³/mol. The van der Waals surface area contributed by atoms with Gasteiger partial charge in [-0.05, 0) is 63.0 Å². The van der Waals surface area contributed by atoms with Crippen LogP contribution in [0.1, 0.15) is 49.4 Å². The number of carbonyl (C=O) groups is 1. The molecule has 0 spiro atoms. The van der Waals surface area contributed by atoms with Gasteiger partial charge in [0, 0.05) is 31.2 Å². The number of hydrogen-bond donors (Lipinski definition) is 1. The number of rotatable bonds is 6. The lowest BCUT2D eigenvalue weighted by Crippen LogP contribution is -2.40. The summed E-state index contributed by atoms with van der Waals surface area (Å²) in [6, 6.07) is 6.72. The quantitative estimate of drug-likeness (QED) is 0.822. The highest BCUT2D eigenvalue weighted by Crippen LogP contribution is 2.21. The zero-order chi connectivity index (χ0) is 18.6. The van der Waals surface area contributed by atoms with Crippen molar-refractivity contribution in [3.63, 3.8) is 0 Å². The summed E-state index contributed by atoms with van der Waals surface area (Å²) in [5.74, 6) is -0.144. The Balaban J connectivity index is 1.60. The zero-order valence-electron chi connectivity index (χ0n) is 15.5. The smallest absolute Gasteiger partial charge is 0.251 e. The highest BCUT2D eigenvalue weighted by atomic mass is 32.2. The summed E-state index contributed by atoms with van der Waals surface area (Å²) < 4.78 is 26.9. The first-order chi connectivity index (χ1) is 12.5. The maximum atomic E-state index is 12.7. The van der Waals surface area contributed by atoms with Gasteiger partial charge in [0.25, 0.3) is 5.91 Å². The Labute approximate surface area is 156 Å². The van der Waals surface area contributed by atoms with Crippen LogP contribution in [-0.4, -0.2) is 62.3 Å². The second kappa shape index (κ2) is 8.50. The fourth-order valence-corrected chi connectivity index (χ4v) is 5.40. The summed E-state index contributed by atoms with van der Waals surface area (Å²) in [6.07, 6.45) is 5.20. The van der Waals surface area contributed by atoms with Crippen molar-refractivity contribution in [3.8, 4) is 0 Å². The number of hydrogen-bond acceptors (Lipinski definition) is 4. The standard InChI is InChI=1S/C19H29N3O3S/c1-2-21-12-6-7-17(21)15-20-19(23)16-8-10-18(11-9-16)26(24,25)22-13-4-3-5-14-22/h8-11,17H,2-7,12-15H2,1H3,(H,20,23)/t17-/m0/s1.